The monoisotopic (exact) mass is 193 g/mol. The van der Waals surface area contributed by atoms with Crippen molar-refractivity contribution in [1.82, 2.24) is 4.98 Å². The van der Waals surface area contributed by atoms with Crippen LogP contribution < -0.4 is 0 Å². The largest absolute Gasteiger partial charge is 0.396 e. The van der Waals surface area contributed by atoms with Crippen LogP contribution in [0.2, 0.25) is 0 Å². The summed E-state index contributed by atoms with van der Waals surface area (Å²) in [5, 5.41) is 9.09. The molecule has 1 heterocycles. The van der Waals surface area contributed by atoms with E-state index in [4.69, 9.17) is 5.11 Å². The van der Waals surface area contributed by atoms with Gasteiger partial charge in [0.15, 0.2) is 5.78 Å². The standard InChI is InChI=1S/C11H15NO2/c1-8(2)10(7-13)11(14)9-4-3-5-12-6-9/h3-6,8,10,13H,7H2,1-2H3. The van der Waals surface area contributed by atoms with Gasteiger partial charge in [-0.25, -0.2) is 0 Å². The summed E-state index contributed by atoms with van der Waals surface area (Å²) in [6.45, 7) is 3.75. The quantitative estimate of drug-likeness (QED) is 0.738. The number of pyridine rings is 1. The Bertz CT molecular complexity index is 295. The second-order valence-corrected chi connectivity index (χ2v) is 3.64. The highest BCUT2D eigenvalue weighted by Crippen LogP contribution is 2.15. The minimum Gasteiger partial charge on any atom is -0.396 e. The van der Waals surface area contributed by atoms with Gasteiger partial charge in [-0.15, -0.1) is 0 Å². The molecule has 0 aliphatic rings. The predicted molar refractivity (Wildman–Crippen MR) is 54.0 cm³/mol. The zero-order valence-corrected chi connectivity index (χ0v) is 8.47. The summed E-state index contributed by atoms with van der Waals surface area (Å²) in [6.07, 6.45) is 3.16. The van der Waals surface area contributed by atoms with Crippen LogP contribution >= 0.6 is 0 Å². The van der Waals surface area contributed by atoms with Crippen LogP contribution in [0.3, 0.4) is 0 Å². The molecule has 0 saturated carbocycles. The van der Waals surface area contributed by atoms with Gasteiger partial charge in [0, 0.05) is 23.9 Å². The van der Waals surface area contributed by atoms with Crippen LogP contribution in [-0.4, -0.2) is 22.5 Å². The van der Waals surface area contributed by atoms with Crippen LogP contribution in [0.5, 0.6) is 0 Å². The van der Waals surface area contributed by atoms with Crippen molar-refractivity contribution >= 4 is 5.78 Å². The first-order chi connectivity index (χ1) is 6.66. The maximum absolute atomic E-state index is 11.8. The SMILES string of the molecule is CC(C)C(CO)C(=O)c1cccnc1. The van der Waals surface area contributed by atoms with Crippen LogP contribution in [0.1, 0.15) is 24.2 Å². The highest BCUT2D eigenvalue weighted by Gasteiger charge is 2.22. The van der Waals surface area contributed by atoms with E-state index in [0.717, 1.165) is 0 Å². The highest BCUT2D eigenvalue weighted by atomic mass is 16.3. The molecule has 0 saturated heterocycles. The fourth-order valence-electron chi connectivity index (χ4n) is 1.32. The number of aliphatic hydroxyl groups is 1. The lowest BCUT2D eigenvalue weighted by Crippen LogP contribution is -2.24. The molecule has 1 atom stereocenters. The number of hydrogen-bond donors (Lipinski definition) is 1. The summed E-state index contributed by atoms with van der Waals surface area (Å²) in [7, 11) is 0. The van der Waals surface area contributed by atoms with Gasteiger partial charge in [0.1, 0.15) is 0 Å². The van der Waals surface area contributed by atoms with E-state index < -0.39 is 0 Å². The lowest BCUT2D eigenvalue weighted by Gasteiger charge is -2.16. The van der Waals surface area contributed by atoms with Crippen molar-refractivity contribution in [2.75, 3.05) is 6.61 Å². The van der Waals surface area contributed by atoms with Gasteiger partial charge in [-0.05, 0) is 18.1 Å². The molecule has 1 N–H and O–H groups in total. The van der Waals surface area contributed by atoms with Crippen molar-refractivity contribution in [3.63, 3.8) is 0 Å². The first-order valence-electron chi connectivity index (χ1n) is 4.72. The van der Waals surface area contributed by atoms with Crippen molar-refractivity contribution in [1.29, 1.82) is 0 Å². The molecule has 0 fully saturated rings. The summed E-state index contributed by atoms with van der Waals surface area (Å²) in [4.78, 5) is 15.7. The molecule has 0 radical (unpaired) electrons. The summed E-state index contributed by atoms with van der Waals surface area (Å²) >= 11 is 0. The fourth-order valence-corrected chi connectivity index (χ4v) is 1.32. The van der Waals surface area contributed by atoms with Crippen LogP contribution in [0.4, 0.5) is 0 Å². The summed E-state index contributed by atoms with van der Waals surface area (Å²) in [5.41, 5.74) is 0.570. The summed E-state index contributed by atoms with van der Waals surface area (Å²) in [6, 6.07) is 3.45. The number of hydrogen-bond acceptors (Lipinski definition) is 3. The number of rotatable bonds is 4. The Balaban J connectivity index is 2.84. The second-order valence-electron chi connectivity index (χ2n) is 3.64. The van der Waals surface area contributed by atoms with E-state index in [2.05, 4.69) is 4.98 Å². The Morgan fingerprint density at radius 2 is 2.29 bits per heavy atom. The van der Waals surface area contributed by atoms with E-state index in [9.17, 15) is 4.79 Å². The van der Waals surface area contributed by atoms with E-state index in [1.165, 1.54) is 6.20 Å². The molecule has 3 nitrogen and oxygen atoms in total. The van der Waals surface area contributed by atoms with Gasteiger partial charge >= 0.3 is 0 Å². The molecule has 76 valence electrons. The number of nitrogens with zero attached hydrogens (tertiary/aromatic N) is 1. The van der Waals surface area contributed by atoms with Crippen LogP contribution in [-0.2, 0) is 0 Å². The molecule has 3 heteroatoms. The lowest BCUT2D eigenvalue weighted by molar-refractivity contribution is 0.0806. The maximum atomic E-state index is 11.8. The maximum Gasteiger partial charge on any atom is 0.170 e. The lowest BCUT2D eigenvalue weighted by atomic mass is 9.89. The summed E-state index contributed by atoms with van der Waals surface area (Å²) in [5.74, 6) is -0.206. The second kappa shape index (κ2) is 4.86. The van der Waals surface area contributed by atoms with E-state index in [1.807, 2.05) is 13.8 Å². The van der Waals surface area contributed by atoms with Crippen LogP contribution in [0.15, 0.2) is 24.5 Å². The van der Waals surface area contributed by atoms with E-state index >= 15 is 0 Å². The first-order valence-corrected chi connectivity index (χ1v) is 4.72. The van der Waals surface area contributed by atoms with Crippen LogP contribution in [0.25, 0.3) is 0 Å². The van der Waals surface area contributed by atoms with Gasteiger partial charge in [-0.3, -0.25) is 9.78 Å². The molecule has 0 amide bonds. The molecule has 0 aliphatic carbocycles. The third-order valence-electron chi connectivity index (χ3n) is 2.28. The number of aromatic nitrogens is 1. The van der Waals surface area contributed by atoms with Gasteiger partial charge < -0.3 is 5.11 Å². The molecule has 1 aromatic heterocycles. The fraction of sp³-hybridized carbons (Fsp3) is 0.455. The topological polar surface area (TPSA) is 50.2 Å². The van der Waals surface area contributed by atoms with E-state index in [-0.39, 0.29) is 24.2 Å². The number of ketones is 1. The minimum atomic E-state index is -0.320. The van der Waals surface area contributed by atoms with Crippen molar-refractivity contribution in [2.45, 2.75) is 13.8 Å². The zero-order valence-electron chi connectivity index (χ0n) is 8.47. The minimum absolute atomic E-state index is 0.0319. The van der Waals surface area contributed by atoms with Crippen molar-refractivity contribution in [2.24, 2.45) is 11.8 Å². The van der Waals surface area contributed by atoms with Crippen LogP contribution in [0, 0.1) is 11.8 Å². The highest BCUT2D eigenvalue weighted by molar-refractivity contribution is 5.97. The normalized spacial score (nSPS) is 12.9. The van der Waals surface area contributed by atoms with E-state index in [0.29, 0.717) is 5.56 Å². The molecule has 1 unspecified atom stereocenters. The molecule has 1 aromatic rings. The molecule has 1 rings (SSSR count). The number of carbonyl (C=O) groups is 1. The predicted octanol–water partition coefficient (Wildman–Crippen LogP) is 1.53. The average molecular weight is 193 g/mol. The molecular weight excluding hydrogens is 178 g/mol. The summed E-state index contributed by atoms with van der Waals surface area (Å²) < 4.78 is 0. The van der Waals surface area contributed by atoms with Gasteiger partial charge in [0.2, 0.25) is 0 Å². The molecule has 0 aromatic carbocycles. The molecule has 0 aliphatic heterocycles. The van der Waals surface area contributed by atoms with Gasteiger partial charge in [-0.2, -0.15) is 0 Å². The van der Waals surface area contributed by atoms with Crippen molar-refractivity contribution < 1.29 is 9.90 Å². The Morgan fingerprint density at radius 1 is 1.57 bits per heavy atom. The van der Waals surface area contributed by atoms with Crippen molar-refractivity contribution in [3.05, 3.63) is 30.1 Å². The Hall–Kier alpha value is -1.22. The average Bonchev–Trinajstić information content (AvgIpc) is 2.19. The Morgan fingerprint density at radius 3 is 2.71 bits per heavy atom. The third kappa shape index (κ3) is 2.39. The molecule has 14 heavy (non-hydrogen) atoms. The molecular formula is C11H15NO2. The molecule has 0 spiro atoms. The first kappa shape index (κ1) is 10.9. The van der Waals surface area contributed by atoms with Gasteiger partial charge in [-0.1, -0.05) is 13.8 Å². The third-order valence-corrected chi connectivity index (χ3v) is 2.28. The number of Topliss-reactive ketones (excluding diaryl/α,β-unsaturated/α-hetero) is 1. The Labute approximate surface area is 83.8 Å². The van der Waals surface area contributed by atoms with E-state index in [1.54, 1.807) is 18.3 Å². The van der Waals surface area contributed by atoms with Gasteiger partial charge in [0.25, 0.3) is 0 Å². The Kier molecular flexibility index (Phi) is 3.77. The van der Waals surface area contributed by atoms with Gasteiger partial charge in [0.05, 0.1) is 6.61 Å². The number of aliphatic hydroxyl groups excluding tert-OH is 1. The smallest absolute Gasteiger partial charge is 0.170 e. The zero-order chi connectivity index (χ0) is 10.6. The molecule has 0 bridgehead atoms. The number of carbonyl (C=O) groups excluding carboxylic acids is 1. The van der Waals surface area contributed by atoms with Crippen molar-refractivity contribution in [3.8, 4) is 0 Å².